The van der Waals surface area contributed by atoms with E-state index in [4.69, 9.17) is 9.47 Å². The van der Waals surface area contributed by atoms with Gasteiger partial charge < -0.3 is 9.47 Å². The largest absolute Gasteiger partial charge is 0.486 e. The highest BCUT2D eigenvalue weighted by Crippen LogP contribution is 2.31. The van der Waals surface area contributed by atoms with Crippen LogP contribution >= 0.6 is 11.3 Å². The van der Waals surface area contributed by atoms with Crippen molar-refractivity contribution in [1.29, 1.82) is 0 Å². The van der Waals surface area contributed by atoms with Crippen molar-refractivity contribution < 1.29 is 27.1 Å². The van der Waals surface area contributed by atoms with E-state index in [9.17, 15) is 17.6 Å². The summed E-state index contributed by atoms with van der Waals surface area (Å²) in [7, 11) is -2.66. The Morgan fingerprint density at radius 1 is 1.28 bits per heavy atom. The molecule has 25 heavy (non-hydrogen) atoms. The first-order valence-electron chi connectivity index (χ1n) is 7.48. The van der Waals surface area contributed by atoms with Crippen LogP contribution in [-0.4, -0.2) is 44.5 Å². The Kier molecular flexibility index (Phi) is 5.07. The van der Waals surface area contributed by atoms with Crippen molar-refractivity contribution in [3.63, 3.8) is 0 Å². The maximum absolute atomic E-state index is 13.8. The fourth-order valence-electron chi connectivity index (χ4n) is 2.72. The molecule has 134 valence electrons. The van der Waals surface area contributed by atoms with Crippen molar-refractivity contribution >= 4 is 27.3 Å². The summed E-state index contributed by atoms with van der Waals surface area (Å²) in [4.78, 5) is 12.1. The van der Waals surface area contributed by atoms with Crippen LogP contribution in [0.5, 0.6) is 5.75 Å². The molecule has 2 heterocycles. The molecule has 1 aliphatic rings. The summed E-state index contributed by atoms with van der Waals surface area (Å²) in [6.45, 7) is -0.0612. The Morgan fingerprint density at radius 2 is 2.04 bits per heavy atom. The molecule has 0 N–H and O–H groups in total. The zero-order valence-electron chi connectivity index (χ0n) is 13.3. The maximum Gasteiger partial charge on any atom is 0.324 e. The van der Waals surface area contributed by atoms with Crippen LogP contribution in [0.2, 0.25) is 0 Å². The van der Waals surface area contributed by atoms with Gasteiger partial charge in [-0.3, -0.25) is 4.79 Å². The molecule has 6 nitrogen and oxygen atoms in total. The number of ether oxygens (including phenoxy) is 2. The molecule has 1 fully saturated rings. The fraction of sp³-hybridized carbons (Fsp3) is 0.312. The van der Waals surface area contributed by atoms with E-state index in [1.54, 1.807) is 17.5 Å². The summed E-state index contributed by atoms with van der Waals surface area (Å²) in [5, 5.41) is 1.64. The predicted octanol–water partition coefficient (Wildman–Crippen LogP) is 2.27. The van der Waals surface area contributed by atoms with Gasteiger partial charge in [-0.25, -0.2) is 12.8 Å². The van der Waals surface area contributed by atoms with Gasteiger partial charge >= 0.3 is 5.97 Å². The summed E-state index contributed by atoms with van der Waals surface area (Å²) >= 11 is 1.06. The number of hydrogen-bond donors (Lipinski definition) is 0. The lowest BCUT2D eigenvalue weighted by Crippen LogP contribution is -2.40. The Labute approximate surface area is 148 Å². The highest BCUT2D eigenvalue weighted by atomic mass is 32.2. The van der Waals surface area contributed by atoms with Gasteiger partial charge in [0.15, 0.2) is 11.6 Å². The van der Waals surface area contributed by atoms with Crippen molar-refractivity contribution in [2.45, 2.75) is 22.8 Å². The number of rotatable bonds is 5. The number of benzene rings is 1. The number of para-hydroxylation sites is 1. The van der Waals surface area contributed by atoms with Crippen molar-refractivity contribution in [3.8, 4) is 5.75 Å². The van der Waals surface area contributed by atoms with Crippen LogP contribution in [0.1, 0.15) is 6.42 Å². The van der Waals surface area contributed by atoms with E-state index in [0.717, 1.165) is 15.6 Å². The number of sulfonamides is 1. The highest BCUT2D eigenvalue weighted by Gasteiger charge is 2.46. The summed E-state index contributed by atoms with van der Waals surface area (Å²) in [5.41, 5.74) is 0. The summed E-state index contributed by atoms with van der Waals surface area (Å²) in [6, 6.07) is 7.94. The van der Waals surface area contributed by atoms with Crippen LogP contribution in [0.4, 0.5) is 4.39 Å². The number of methoxy groups -OCH3 is 1. The Bertz CT molecular complexity index is 853. The molecule has 0 aliphatic carbocycles. The number of halogens is 1. The van der Waals surface area contributed by atoms with E-state index in [1.165, 1.54) is 31.4 Å². The van der Waals surface area contributed by atoms with Gasteiger partial charge in [-0.1, -0.05) is 18.2 Å². The topological polar surface area (TPSA) is 72.9 Å². The zero-order chi connectivity index (χ0) is 18.0. The van der Waals surface area contributed by atoms with Crippen molar-refractivity contribution in [2.75, 3.05) is 13.7 Å². The van der Waals surface area contributed by atoms with E-state index in [1.807, 2.05) is 0 Å². The number of carbonyl (C=O) groups excluding carboxylic acids is 1. The molecule has 3 rings (SSSR count). The third kappa shape index (κ3) is 3.53. The van der Waals surface area contributed by atoms with Crippen molar-refractivity contribution in [1.82, 2.24) is 4.31 Å². The van der Waals surface area contributed by atoms with Gasteiger partial charge in [-0.2, -0.15) is 4.31 Å². The average Bonchev–Trinajstić information content (AvgIpc) is 3.26. The van der Waals surface area contributed by atoms with E-state index < -0.39 is 34.0 Å². The van der Waals surface area contributed by atoms with Crippen LogP contribution < -0.4 is 4.74 Å². The second kappa shape index (κ2) is 7.11. The van der Waals surface area contributed by atoms with E-state index in [2.05, 4.69) is 0 Å². The molecule has 2 atom stereocenters. The first-order valence-corrected chi connectivity index (χ1v) is 9.80. The quantitative estimate of drug-likeness (QED) is 0.739. The molecule has 0 spiro atoms. The van der Waals surface area contributed by atoms with Crippen LogP contribution in [0, 0.1) is 5.82 Å². The van der Waals surface area contributed by atoms with Crippen LogP contribution in [0.3, 0.4) is 0 Å². The molecule has 2 aromatic rings. The molecule has 0 amide bonds. The third-order valence-electron chi connectivity index (χ3n) is 3.88. The first kappa shape index (κ1) is 17.8. The van der Waals surface area contributed by atoms with Crippen LogP contribution in [0.25, 0.3) is 0 Å². The average molecular weight is 385 g/mol. The minimum Gasteiger partial charge on any atom is -0.486 e. The third-order valence-corrected chi connectivity index (χ3v) is 7.13. The van der Waals surface area contributed by atoms with Gasteiger partial charge in [0.2, 0.25) is 0 Å². The number of nitrogens with zero attached hydrogens (tertiary/aromatic N) is 1. The number of esters is 1. The van der Waals surface area contributed by atoms with E-state index >= 15 is 0 Å². The summed E-state index contributed by atoms with van der Waals surface area (Å²) in [5.74, 6) is -1.19. The van der Waals surface area contributed by atoms with Crippen LogP contribution in [-0.2, 0) is 19.6 Å². The lowest BCUT2D eigenvalue weighted by Gasteiger charge is -2.20. The van der Waals surface area contributed by atoms with Crippen molar-refractivity contribution in [2.24, 2.45) is 0 Å². The normalized spacial score (nSPS) is 21.2. The smallest absolute Gasteiger partial charge is 0.324 e. The Balaban J connectivity index is 1.87. The minimum absolute atomic E-state index is 0.0199. The highest BCUT2D eigenvalue weighted by molar-refractivity contribution is 7.91. The van der Waals surface area contributed by atoms with Gasteiger partial charge in [0.05, 0.1) is 13.7 Å². The predicted molar refractivity (Wildman–Crippen MR) is 89.4 cm³/mol. The minimum atomic E-state index is -3.86. The lowest BCUT2D eigenvalue weighted by molar-refractivity contribution is -0.144. The maximum atomic E-state index is 13.8. The van der Waals surface area contributed by atoms with E-state index in [-0.39, 0.29) is 22.9 Å². The van der Waals surface area contributed by atoms with Gasteiger partial charge in [-0.15, -0.1) is 11.3 Å². The standard InChI is InChI=1S/C16H16FNO5S2/c1-22-16(19)13-9-11(23-14-6-3-2-5-12(14)17)10-18(13)25(20,21)15-7-4-8-24-15/h2-8,11,13H,9-10H2,1H3/t11-,13-/m0/s1. The molecule has 0 bridgehead atoms. The second-order valence-electron chi connectivity index (χ2n) is 5.45. The molecule has 0 radical (unpaired) electrons. The number of hydrogen-bond acceptors (Lipinski definition) is 6. The zero-order valence-corrected chi connectivity index (χ0v) is 14.9. The van der Waals surface area contributed by atoms with E-state index in [0.29, 0.717) is 0 Å². The SMILES string of the molecule is COC(=O)[C@@H]1C[C@H](Oc2ccccc2F)CN1S(=O)(=O)c1cccs1. The molecule has 1 aromatic heterocycles. The molecule has 1 aromatic carbocycles. The molecule has 9 heteroatoms. The number of carbonyl (C=O) groups is 1. The van der Waals surface area contributed by atoms with Gasteiger partial charge in [-0.05, 0) is 23.6 Å². The molecule has 0 unspecified atom stereocenters. The Morgan fingerprint density at radius 3 is 2.68 bits per heavy atom. The molecule has 1 aliphatic heterocycles. The Hall–Kier alpha value is -1.97. The van der Waals surface area contributed by atoms with Gasteiger partial charge in [0.1, 0.15) is 16.4 Å². The molecule has 1 saturated heterocycles. The second-order valence-corrected chi connectivity index (χ2v) is 8.52. The summed E-state index contributed by atoms with van der Waals surface area (Å²) < 4.78 is 50.9. The first-order chi connectivity index (χ1) is 11.9. The van der Waals surface area contributed by atoms with Gasteiger partial charge in [0.25, 0.3) is 10.0 Å². The lowest BCUT2D eigenvalue weighted by atomic mass is 10.2. The number of thiophene rings is 1. The molecular weight excluding hydrogens is 369 g/mol. The monoisotopic (exact) mass is 385 g/mol. The molecule has 0 saturated carbocycles. The fourth-order valence-corrected chi connectivity index (χ4v) is 5.46. The summed E-state index contributed by atoms with van der Waals surface area (Å²) in [6.07, 6.45) is -0.568. The molecular formula is C16H16FNO5S2. The van der Waals surface area contributed by atoms with Crippen LogP contribution in [0.15, 0.2) is 46.0 Å². The van der Waals surface area contributed by atoms with Gasteiger partial charge in [0, 0.05) is 6.42 Å². The van der Waals surface area contributed by atoms with Crippen molar-refractivity contribution in [3.05, 3.63) is 47.6 Å².